The zero-order valence-corrected chi connectivity index (χ0v) is 22.0. The first-order valence-corrected chi connectivity index (χ1v) is 13.7. The summed E-state index contributed by atoms with van der Waals surface area (Å²) in [7, 11) is 1.66. The first-order chi connectivity index (χ1) is 17.4. The van der Waals surface area contributed by atoms with Gasteiger partial charge in [-0.1, -0.05) is 11.6 Å². The smallest absolute Gasteiger partial charge is 0.308 e. The molecule has 1 N–H and O–H groups in total. The van der Waals surface area contributed by atoms with Gasteiger partial charge in [-0.2, -0.15) is 0 Å². The largest absolute Gasteiger partial charge is 0.497 e. The number of aryl methyl sites for hydroxylation is 1. The number of nitrogens with zero attached hydrogens (tertiary/aromatic N) is 2. The molecule has 1 fully saturated rings. The molecular formula is C28H32ClFN2O3S. The van der Waals surface area contributed by atoms with Gasteiger partial charge in [0.2, 0.25) is 0 Å². The van der Waals surface area contributed by atoms with Crippen LogP contribution in [0, 0.1) is 17.7 Å². The van der Waals surface area contributed by atoms with Crippen LogP contribution in [0.1, 0.15) is 31.2 Å². The van der Waals surface area contributed by atoms with E-state index in [0.717, 1.165) is 72.5 Å². The van der Waals surface area contributed by atoms with Crippen LogP contribution in [0.25, 0.3) is 10.9 Å². The molecule has 36 heavy (non-hydrogen) atoms. The second kappa shape index (κ2) is 12.7. The summed E-state index contributed by atoms with van der Waals surface area (Å²) in [6, 6.07) is 12.5. The highest BCUT2D eigenvalue weighted by atomic mass is 35.5. The topological polar surface area (TPSA) is 62.7 Å². The van der Waals surface area contributed by atoms with Crippen molar-refractivity contribution in [3.63, 3.8) is 0 Å². The van der Waals surface area contributed by atoms with Gasteiger partial charge in [-0.3, -0.25) is 9.78 Å². The highest BCUT2D eigenvalue weighted by molar-refractivity contribution is 7.99. The van der Waals surface area contributed by atoms with Crippen molar-refractivity contribution in [3.8, 4) is 5.75 Å². The van der Waals surface area contributed by atoms with Gasteiger partial charge in [0, 0.05) is 28.0 Å². The van der Waals surface area contributed by atoms with E-state index in [1.165, 1.54) is 17.7 Å². The lowest BCUT2D eigenvalue weighted by Crippen LogP contribution is -2.44. The lowest BCUT2D eigenvalue weighted by Gasteiger charge is -2.36. The number of fused-ring (bicyclic) bond motifs is 1. The number of aliphatic carboxylic acids is 1. The van der Waals surface area contributed by atoms with Crippen LogP contribution in [-0.4, -0.2) is 53.5 Å². The number of aromatic nitrogens is 1. The molecule has 0 spiro atoms. The van der Waals surface area contributed by atoms with E-state index in [-0.39, 0.29) is 17.7 Å². The Kier molecular flexibility index (Phi) is 9.46. The Morgan fingerprint density at radius 3 is 2.89 bits per heavy atom. The third kappa shape index (κ3) is 7.11. The number of ether oxygens (including phenoxy) is 1. The van der Waals surface area contributed by atoms with Crippen molar-refractivity contribution in [1.82, 2.24) is 9.88 Å². The molecule has 0 amide bonds. The second-order valence-corrected chi connectivity index (χ2v) is 11.0. The minimum Gasteiger partial charge on any atom is -0.497 e. The van der Waals surface area contributed by atoms with E-state index in [2.05, 4.69) is 16.0 Å². The summed E-state index contributed by atoms with van der Waals surface area (Å²) in [6.07, 6.45) is 6.37. The molecule has 0 unspecified atom stereocenters. The van der Waals surface area contributed by atoms with Crippen LogP contribution in [0.5, 0.6) is 5.75 Å². The van der Waals surface area contributed by atoms with E-state index < -0.39 is 5.97 Å². The minimum atomic E-state index is -0.701. The minimum absolute atomic E-state index is 0.185. The number of carboxylic acid groups (broad SMARTS) is 1. The van der Waals surface area contributed by atoms with E-state index in [4.69, 9.17) is 16.3 Å². The van der Waals surface area contributed by atoms with Crippen molar-refractivity contribution < 1.29 is 19.0 Å². The summed E-state index contributed by atoms with van der Waals surface area (Å²) in [4.78, 5) is 19.6. The summed E-state index contributed by atoms with van der Waals surface area (Å²) in [5.74, 6) is 0.462. The Morgan fingerprint density at radius 2 is 2.11 bits per heavy atom. The number of carboxylic acids is 1. The molecule has 0 aliphatic carbocycles. The van der Waals surface area contributed by atoms with E-state index >= 15 is 0 Å². The zero-order chi connectivity index (χ0) is 25.5. The maximum Gasteiger partial charge on any atom is 0.308 e. The van der Waals surface area contributed by atoms with Crippen LogP contribution in [-0.2, 0) is 11.2 Å². The summed E-state index contributed by atoms with van der Waals surface area (Å²) in [5, 5.41) is 11.4. The van der Waals surface area contributed by atoms with Gasteiger partial charge in [0.05, 0.1) is 18.5 Å². The maximum atomic E-state index is 13.5. The molecule has 5 nitrogen and oxygen atoms in total. The fourth-order valence-electron chi connectivity index (χ4n) is 5.07. The molecular weight excluding hydrogens is 499 g/mol. The Labute approximate surface area is 221 Å². The molecule has 4 rings (SSSR count). The molecule has 2 heterocycles. The number of rotatable bonds is 11. The highest BCUT2D eigenvalue weighted by Gasteiger charge is 2.33. The van der Waals surface area contributed by atoms with Crippen LogP contribution in [0.15, 0.2) is 53.6 Å². The molecule has 1 saturated heterocycles. The van der Waals surface area contributed by atoms with Gasteiger partial charge in [-0.15, -0.1) is 11.8 Å². The van der Waals surface area contributed by atoms with Crippen molar-refractivity contribution in [2.24, 2.45) is 11.8 Å². The van der Waals surface area contributed by atoms with Gasteiger partial charge in [0.25, 0.3) is 0 Å². The van der Waals surface area contributed by atoms with Crippen LogP contribution >= 0.6 is 23.4 Å². The standard InChI is InChI=1S/C28H32ClFN2O3S/c1-35-23-6-7-27-25(17-23)19(8-10-31-27)4-2-5-20-9-12-32(18-26(20)28(33)34)11-3-13-36-24-15-21(29)14-22(30)16-24/h6-8,10,14-17,20,26H,2-5,9,11-13,18H2,1H3,(H,33,34)/t20-,26+/m1/s1. The Balaban J connectivity index is 1.25. The van der Waals surface area contributed by atoms with Crippen molar-refractivity contribution in [2.45, 2.75) is 37.0 Å². The second-order valence-electron chi connectivity index (χ2n) is 9.35. The number of hydrogen-bond donors (Lipinski definition) is 1. The Morgan fingerprint density at radius 1 is 1.25 bits per heavy atom. The third-order valence-electron chi connectivity index (χ3n) is 6.94. The number of hydrogen-bond acceptors (Lipinski definition) is 5. The number of pyridine rings is 1. The number of methoxy groups -OCH3 is 1. The molecule has 1 aliphatic rings. The molecule has 8 heteroatoms. The monoisotopic (exact) mass is 530 g/mol. The van der Waals surface area contributed by atoms with Crippen molar-refractivity contribution in [2.75, 3.05) is 32.5 Å². The zero-order valence-electron chi connectivity index (χ0n) is 20.5. The molecule has 2 aromatic carbocycles. The molecule has 2 atom stereocenters. The summed E-state index contributed by atoms with van der Waals surface area (Å²) in [5.41, 5.74) is 2.17. The fourth-order valence-corrected chi connectivity index (χ4v) is 6.27. The Hall–Kier alpha value is -2.35. The molecule has 0 bridgehead atoms. The molecule has 1 aromatic heterocycles. The summed E-state index contributed by atoms with van der Waals surface area (Å²) in [6.45, 7) is 2.35. The van der Waals surface area contributed by atoms with E-state index in [0.29, 0.717) is 11.6 Å². The van der Waals surface area contributed by atoms with E-state index in [1.54, 1.807) is 24.9 Å². The van der Waals surface area contributed by atoms with Crippen LogP contribution in [0.4, 0.5) is 4.39 Å². The SMILES string of the molecule is COc1ccc2nccc(CCC[C@@H]3CCN(CCCSc4cc(F)cc(Cl)c4)C[C@@H]3C(=O)O)c2c1. The quantitative estimate of drug-likeness (QED) is 0.224. The maximum absolute atomic E-state index is 13.5. The molecule has 3 aromatic rings. The van der Waals surface area contributed by atoms with Crippen molar-refractivity contribution >= 4 is 40.2 Å². The van der Waals surface area contributed by atoms with Gasteiger partial charge >= 0.3 is 5.97 Å². The van der Waals surface area contributed by atoms with Crippen LogP contribution in [0.3, 0.4) is 0 Å². The first-order valence-electron chi connectivity index (χ1n) is 12.4. The third-order valence-corrected chi connectivity index (χ3v) is 8.22. The van der Waals surface area contributed by atoms with Gasteiger partial charge in [-0.25, -0.2) is 4.39 Å². The number of benzene rings is 2. The molecule has 1 aliphatic heterocycles. The first kappa shape index (κ1) is 26.7. The number of halogens is 2. The molecule has 0 radical (unpaired) electrons. The van der Waals surface area contributed by atoms with Gasteiger partial charge in [0.15, 0.2) is 0 Å². The van der Waals surface area contributed by atoms with Gasteiger partial charge in [-0.05, 0) is 105 Å². The lowest BCUT2D eigenvalue weighted by molar-refractivity contribution is -0.146. The van der Waals surface area contributed by atoms with E-state index in [9.17, 15) is 14.3 Å². The molecule has 0 saturated carbocycles. The summed E-state index contributed by atoms with van der Waals surface area (Å²) >= 11 is 7.51. The van der Waals surface area contributed by atoms with Crippen LogP contribution < -0.4 is 4.74 Å². The number of thioether (sulfide) groups is 1. The summed E-state index contributed by atoms with van der Waals surface area (Å²) < 4.78 is 18.9. The molecule has 192 valence electrons. The highest BCUT2D eigenvalue weighted by Crippen LogP contribution is 2.31. The number of piperidine rings is 1. The number of carbonyl (C=O) groups is 1. The normalized spacial score (nSPS) is 18.4. The predicted molar refractivity (Wildman–Crippen MR) is 144 cm³/mol. The van der Waals surface area contributed by atoms with E-state index in [1.807, 2.05) is 24.4 Å². The lowest BCUT2D eigenvalue weighted by atomic mass is 9.81. The van der Waals surface area contributed by atoms with Crippen LogP contribution in [0.2, 0.25) is 5.02 Å². The van der Waals surface area contributed by atoms with Crippen molar-refractivity contribution in [1.29, 1.82) is 0 Å². The average Bonchev–Trinajstić information content (AvgIpc) is 2.86. The predicted octanol–water partition coefficient (Wildman–Crippen LogP) is 6.56. The number of likely N-dealkylation sites (tertiary alicyclic amines) is 1. The fraction of sp³-hybridized carbons (Fsp3) is 0.429. The Bertz CT molecular complexity index is 1170. The van der Waals surface area contributed by atoms with Gasteiger partial charge in [0.1, 0.15) is 11.6 Å². The van der Waals surface area contributed by atoms with Gasteiger partial charge < -0.3 is 14.7 Å². The van der Waals surface area contributed by atoms with Crippen molar-refractivity contribution in [3.05, 3.63) is 65.1 Å². The average molecular weight is 531 g/mol.